The minimum absolute atomic E-state index is 1.07. The highest BCUT2D eigenvalue weighted by atomic mass is 32.1. The molecule has 4 aromatic rings. The number of benzene rings is 2. The second-order valence-corrected chi connectivity index (χ2v) is 5.89. The summed E-state index contributed by atoms with van der Waals surface area (Å²) < 4.78 is 6.70. The Morgan fingerprint density at radius 3 is 2.72 bits per heavy atom. The normalized spacial score (nSPS) is 11.3. The molecule has 0 aliphatic heterocycles. The van der Waals surface area contributed by atoms with Crippen LogP contribution in [0.15, 0.2) is 48.7 Å². The number of thiazole rings is 1. The summed E-state index contributed by atoms with van der Waals surface area (Å²) in [7, 11) is 0. The van der Waals surface area contributed by atoms with Gasteiger partial charge in [-0.05, 0) is 29.7 Å². The molecule has 0 spiro atoms. The van der Waals surface area contributed by atoms with Crippen molar-refractivity contribution in [2.75, 3.05) is 0 Å². The zero-order chi connectivity index (χ0) is 11.9. The first kappa shape index (κ1) is 10.2. The molecular weight excluding hydrogens is 260 g/mol. The molecule has 0 saturated carbocycles. The Morgan fingerprint density at radius 1 is 0.889 bits per heavy atom. The van der Waals surface area contributed by atoms with Crippen LogP contribution in [0.2, 0.25) is 0 Å². The van der Waals surface area contributed by atoms with E-state index in [4.69, 9.17) is 4.98 Å². The van der Waals surface area contributed by atoms with E-state index in [-0.39, 0.29) is 0 Å². The maximum absolute atomic E-state index is 4.71. The van der Waals surface area contributed by atoms with Gasteiger partial charge in [-0.25, -0.2) is 4.98 Å². The molecule has 86 valence electrons. The minimum atomic E-state index is 1.07. The molecule has 0 atom stereocenters. The first-order valence-corrected chi connectivity index (χ1v) is 7.20. The molecule has 0 radical (unpaired) electrons. The number of nitrogens with zero attached hydrogens (tertiary/aromatic N) is 2. The molecule has 18 heavy (non-hydrogen) atoms. The predicted octanol–water partition coefficient (Wildman–Crippen LogP) is 4.57. The van der Waals surface area contributed by atoms with Crippen molar-refractivity contribution in [1.29, 1.82) is 0 Å². The van der Waals surface area contributed by atoms with Crippen LogP contribution < -0.4 is 0 Å². The number of aromatic nitrogens is 2. The highest BCUT2D eigenvalue weighted by Crippen LogP contribution is 2.35. The Morgan fingerprint density at radius 2 is 1.78 bits per heavy atom. The fourth-order valence-corrected chi connectivity index (χ4v) is 3.74. The van der Waals surface area contributed by atoms with Crippen LogP contribution in [0, 0.1) is 0 Å². The summed E-state index contributed by atoms with van der Waals surface area (Å²) in [5.41, 5.74) is 2.25. The third kappa shape index (κ3) is 1.46. The first-order valence-electron chi connectivity index (χ1n) is 5.61. The molecule has 2 aromatic carbocycles. The molecular formula is C14H8N2S2. The summed E-state index contributed by atoms with van der Waals surface area (Å²) in [6.45, 7) is 0. The van der Waals surface area contributed by atoms with Crippen LogP contribution in [0.1, 0.15) is 0 Å². The second-order valence-electron chi connectivity index (χ2n) is 4.03. The molecule has 0 amide bonds. The van der Waals surface area contributed by atoms with Gasteiger partial charge in [-0.3, -0.25) is 0 Å². The number of fused-ring (bicyclic) bond motifs is 2. The molecule has 2 nitrogen and oxygen atoms in total. The lowest BCUT2D eigenvalue weighted by Gasteiger charge is -1.96. The van der Waals surface area contributed by atoms with Crippen molar-refractivity contribution in [2.24, 2.45) is 0 Å². The van der Waals surface area contributed by atoms with E-state index in [9.17, 15) is 0 Å². The zero-order valence-electron chi connectivity index (χ0n) is 9.33. The van der Waals surface area contributed by atoms with Gasteiger partial charge < -0.3 is 0 Å². The van der Waals surface area contributed by atoms with E-state index in [1.54, 1.807) is 11.3 Å². The van der Waals surface area contributed by atoms with Gasteiger partial charge in [0.25, 0.3) is 0 Å². The highest BCUT2D eigenvalue weighted by molar-refractivity contribution is 7.21. The van der Waals surface area contributed by atoms with E-state index in [1.165, 1.54) is 31.9 Å². The summed E-state index contributed by atoms with van der Waals surface area (Å²) in [4.78, 5) is 4.71. The summed E-state index contributed by atoms with van der Waals surface area (Å²) in [6.07, 6.45) is 1.93. The average Bonchev–Trinajstić information content (AvgIpc) is 3.04. The monoisotopic (exact) mass is 268 g/mol. The van der Waals surface area contributed by atoms with E-state index in [0.717, 1.165) is 10.5 Å². The molecule has 0 saturated heterocycles. The van der Waals surface area contributed by atoms with Crippen molar-refractivity contribution in [3.05, 3.63) is 48.7 Å². The van der Waals surface area contributed by atoms with Crippen molar-refractivity contribution in [3.8, 4) is 10.6 Å². The van der Waals surface area contributed by atoms with E-state index in [1.807, 2.05) is 12.3 Å². The van der Waals surface area contributed by atoms with Gasteiger partial charge in [-0.2, -0.15) is 4.37 Å². The van der Waals surface area contributed by atoms with Crippen molar-refractivity contribution in [1.82, 2.24) is 9.36 Å². The lowest BCUT2D eigenvalue weighted by molar-refractivity contribution is 1.49. The third-order valence-corrected chi connectivity index (χ3v) is 4.76. The van der Waals surface area contributed by atoms with E-state index < -0.39 is 0 Å². The topological polar surface area (TPSA) is 25.8 Å². The summed E-state index contributed by atoms with van der Waals surface area (Å²) in [5, 5.41) is 2.27. The van der Waals surface area contributed by atoms with Crippen LogP contribution >= 0.6 is 22.9 Å². The van der Waals surface area contributed by atoms with Crippen molar-refractivity contribution in [3.63, 3.8) is 0 Å². The van der Waals surface area contributed by atoms with Gasteiger partial charge >= 0.3 is 0 Å². The fourth-order valence-electron chi connectivity index (χ4n) is 2.07. The van der Waals surface area contributed by atoms with Gasteiger partial charge in [0.05, 0.1) is 14.9 Å². The third-order valence-electron chi connectivity index (χ3n) is 2.92. The average molecular weight is 268 g/mol. The zero-order valence-corrected chi connectivity index (χ0v) is 11.0. The van der Waals surface area contributed by atoms with E-state index in [0.29, 0.717) is 0 Å². The standard InChI is InChI=1S/C14H8N2S2/c1-2-6-13-11(5-1)16-14(17-13)9-4-3-7-12-10(9)8-15-18-12/h1-8H. The van der Waals surface area contributed by atoms with Gasteiger partial charge in [-0.15, -0.1) is 11.3 Å². The molecule has 0 aliphatic rings. The van der Waals surface area contributed by atoms with Crippen LogP contribution in [0.3, 0.4) is 0 Å². The van der Waals surface area contributed by atoms with Crippen LogP contribution in [0.25, 0.3) is 30.9 Å². The maximum Gasteiger partial charge on any atom is 0.125 e. The Balaban J connectivity index is 2.04. The Kier molecular flexibility index (Phi) is 2.18. The predicted molar refractivity (Wildman–Crippen MR) is 78.2 cm³/mol. The van der Waals surface area contributed by atoms with E-state index >= 15 is 0 Å². The second kappa shape index (κ2) is 3.86. The molecule has 0 aliphatic carbocycles. The molecule has 0 fully saturated rings. The van der Waals surface area contributed by atoms with Crippen LogP contribution in [-0.2, 0) is 0 Å². The van der Waals surface area contributed by atoms with Crippen molar-refractivity contribution in [2.45, 2.75) is 0 Å². The molecule has 4 rings (SSSR count). The van der Waals surface area contributed by atoms with E-state index in [2.05, 4.69) is 40.8 Å². The number of rotatable bonds is 1. The summed E-state index contributed by atoms with van der Waals surface area (Å²) >= 11 is 3.26. The van der Waals surface area contributed by atoms with Gasteiger partial charge in [0.15, 0.2) is 0 Å². The first-order chi connectivity index (χ1) is 8.92. The van der Waals surface area contributed by atoms with Crippen LogP contribution in [-0.4, -0.2) is 9.36 Å². The fraction of sp³-hybridized carbons (Fsp3) is 0. The molecule has 2 heterocycles. The highest BCUT2D eigenvalue weighted by Gasteiger charge is 2.10. The lowest BCUT2D eigenvalue weighted by Crippen LogP contribution is -1.76. The van der Waals surface area contributed by atoms with Gasteiger partial charge in [0.1, 0.15) is 5.01 Å². The smallest absolute Gasteiger partial charge is 0.125 e. The SMILES string of the molecule is c1ccc2sc(-c3cccc4sncc34)nc2c1. The molecule has 4 heteroatoms. The Hall–Kier alpha value is -1.78. The van der Waals surface area contributed by atoms with Gasteiger partial charge in [0, 0.05) is 17.1 Å². The van der Waals surface area contributed by atoms with Crippen LogP contribution in [0.5, 0.6) is 0 Å². The van der Waals surface area contributed by atoms with Gasteiger partial charge in [-0.1, -0.05) is 24.3 Å². The summed E-state index contributed by atoms with van der Waals surface area (Å²) in [6, 6.07) is 14.5. The van der Waals surface area contributed by atoms with Crippen molar-refractivity contribution >= 4 is 43.2 Å². The molecule has 2 aromatic heterocycles. The van der Waals surface area contributed by atoms with Crippen molar-refractivity contribution < 1.29 is 0 Å². The Bertz CT molecular complexity index is 812. The van der Waals surface area contributed by atoms with Crippen LogP contribution in [0.4, 0.5) is 0 Å². The lowest BCUT2D eigenvalue weighted by atomic mass is 10.1. The molecule has 0 N–H and O–H groups in total. The number of para-hydroxylation sites is 1. The maximum atomic E-state index is 4.71. The summed E-state index contributed by atoms with van der Waals surface area (Å²) in [5.74, 6) is 0. The quantitative estimate of drug-likeness (QED) is 0.505. The molecule has 0 unspecified atom stereocenters. The number of hydrogen-bond donors (Lipinski definition) is 0. The Labute approximate surface area is 112 Å². The molecule has 0 bridgehead atoms. The van der Waals surface area contributed by atoms with Gasteiger partial charge in [0.2, 0.25) is 0 Å². The number of hydrogen-bond acceptors (Lipinski definition) is 4. The largest absolute Gasteiger partial charge is 0.236 e. The minimum Gasteiger partial charge on any atom is -0.236 e.